The van der Waals surface area contributed by atoms with Gasteiger partial charge in [0, 0.05) is 5.56 Å². The highest BCUT2D eigenvalue weighted by atomic mass is 16.5. The number of nitrogens with zero attached hydrogens (tertiary/aromatic N) is 1. The van der Waals surface area contributed by atoms with Gasteiger partial charge in [0.25, 0.3) is 0 Å². The van der Waals surface area contributed by atoms with Crippen LogP contribution in [-0.2, 0) is 6.42 Å². The minimum absolute atomic E-state index is 0.769. The van der Waals surface area contributed by atoms with Crippen molar-refractivity contribution in [3.05, 3.63) is 18.0 Å². The van der Waals surface area contributed by atoms with Crippen LogP contribution in [0.1, 0.15) is 18.4 Å². The van der Waals surface area contributed by atoms with Gasteiger partial charge in [0.15, 0.2) is 0 Å². The Labute approximate surface area is 60.2 Å². The Bertz CT molecular complexity index is 160. The summed E-state index contributed by atoms with van der Waals surface area (Å²) >= 11 is 0. The van der Waals surface area contributed by atoms with Crippen molar-refractivity contribution in [3.63, 3.8) is 0 Å². The Morgan fingerprint density at radius 3 is 3.00 bits per heavy atom. The van der Waals surface area contributed by atoms with Gasteiger partial charge >= 0.3 is 0 Å². The van der Waals surface area contributed by atoms with Gasteiger partial charge < -0.3 is 10.3 Å². The monoisotopic (exact) mass is 140 g/mol. The van der Waals surface area contributed by atoms with Gasteiger partial charge in [-0.2, -0.15) is 0 Å². The third-order valence-corrected chi connectivity index (χ3v) is 1.40. The molecule has 0 saturated carbocycles. The summed E-state index contributed by atoms with van der Waals surface area (Å²) in [5.41, 5.74) is 6.49. The molecule has 1 heterocycles. The van der Waals surface area contributed by atoms with Crippen LogP contribution in [0.15, 0.2) is 17.0 Å². The quantitative estimate of drug-likeness (QED) is 0.633. The van der Waals surface area contributed by atoms with Crippen LogP contribution in [0, 0.1) is 0 Å². The molecule has 0 unspecified atom stereocenters. The van der Waals surface area contributed by atoms with Gasteiger partial charge in [0.05, 0.1) is 6.20 Å². The van der Waals surface area contributed by atoms with Gasteiger partial charge in [-0.1, -0.05) is 5.16 Å². The van der Waals surface area contributed by atoms with E-state index in [1.165, 1.54) is 0 Å². The zero-order chi connectivity index (χ0) is 7.23. The minimum atomic E-state index is 0.769. The lowest BCUT2D eigenvalue weighted by atomic mass is 10.2. The van der Waals surface area contributed by atoms with Crippen LogP contribution in [0.25, 0.3) is 0 Å². The van der Waals surface area contributed by atoms with Crippen LogP contribution in [0.2, 0.25) is 0 Å². The summed E-state index contributed by atoms with van der Waals surface area (Å²) in [5, 5.41) is 3.59. The second-order valence-electron chi connectivity index (χ2n) is 2.28. The van der Waals surface area contributed by atoms with Crippen molar-refractivity contribution in [2.45, 2.75) is 19.3 Å². The fourth-order valence-electron chi connectivity index (χ4n) is 0.824. The number of unbranched alkanes of at least 4 members (excludes halogenated alkanes) is 1. The second kappa shape index (κ2) is 4.06. The first-order valence-electron chi connectivity index (χ1n) is 3.52. The standard InChI is InChI=1S/C7H12N2O/c8-4-2-1-3-7-5-9-10-6-7/h5-6H,1-4,8H2. The number of aryl methyl sites for hydroxylation is 1. The first kappa shape index (κ1) is 7.28. The van der Waals surface area contributed by atoms with Gasteiger partial charge in [-0.15, -0.1) is 0 Å². The normalized spacial score (nSPS) is 10.1. The van der Waals surface area contributed by atoms with Crippen molar-refractivity contribution < 1.29 is 4.52 Å². The lowest BCUT2D eigenvalue weighted by Crippen LogP contribution is -1.98. The Morgan fingerprint density at radius 2 is 2.40 bits per heavy atom. The van der Waals surface area contributed by atoms with E-state index in [9.17, 15) is 0 Å². The van der Waals surface area contributed by atoms with Crippen molar-refractivity contribution in [1.29, 1.82) is 0 Å². The molecule has 0 aromatic carbocycles. The molecule has 3 nitrogen and oxygen atoms in total. The first-order valence-corrected chi connectivity index (χ1v) is 3.52. The van der Waals surface area contributed by atoms with Crippen LogP contribution in [0.5, 0.6) is 0 Å². The average molecular weight is 140 g/mol. The summed E-state index contributed by atoms with van der Waals surface area (Å²) in [7, 11) is 0. The van der Waals surface area contributed by atoms with E-state index in [2.05, 4.69) is 9.68 Å². The Balaban J connectivity index is 2.15. The van der Waals surface area contributed by atoms with E-state index in [0.29, 0.717) is 0 Å². The van der Waals surface area contributed by atoms with Crippen LogP contribution >= 0.6 is 0 Å². The molecule has 0 fully saturated rings. The maximum atomic E-state index is 5.33. The van der Waals surface area contributed by atoms with E-state index in [1.54, 1.807) is 12.5 Å². The van der Waals surface area contributed by atoms with Gasteiger partial charge in [-0.3, -0.25) is 0 Å². The van der Waals surface area contributed by atoms with Crippen molar-refractivity contribution in [1.82, 2.24) is 5.16 Å². The molecule has 1 aromatic heterocycles. The third kappa shape index (κ3) is 2.19. The van der Waals surface area contributed by atoms with Gasteiger partial charge in [-0.25, -0.2) is 0 Å². The molecule has 0 aliphatic heterocycles. The van der Waals surface area contributed by atoms with E-state index in [1.807, 2.05) is 0 Å². The van der Waals surface area contributed by atoms with Gasteiger partial charge in [-0.05, 0) is 25.8 Å². The Morgan fingerprint density at radius 1 is 1.50 bits per heavy atom. The fraction of sp³-hybridized carbons (Fsp3) is 0.571. The highest BCUT2D eigenvalue weighted by Crippen LogP contribution is 2.01. The summed E-state index contributed by atoms with van der Waals surface area (Å²) in [6.45, 7) is 0.769. The SMILES string of the molecule is NCCCCc1cnoc1. The maximum absolute atomic E-state index is 5.33. The number of aromatic nitrogens is 1. The van der Waals surface area contributed by atoms with Crippen LogP contribution in [0.3, 0.4) is 0 Å². The molecule has 0 aliphatic rings. The largest absolute Gasteiger partial charge is 0.364 e. The topological polar surface area (TPSA) is 52.0 Å². The van der Waals surface area contributed by atoms with E-state index < -0.39 is 0 Å². The van der Waals surface area contributed by atoms with Crippen LogP contribution in [0.4, 0.5) is 0 Å². The molecule has 10 heavy (non-hydrogen) atoms. The minimum Gasteiger partial charge on any atom is -0.364 e. The lowest BCUT2D eigenvalue weighted by Gasteiger charge is -1.92. The lowest BCUT2D eigenvalue weighted by molar-refractivity contribution is 0.418. The molecule has 2 N–H and O–H groups in total. The highest BCUT2D eigenvalue weighted by Gasteiger charge is 1.93. The molecule has 0 spiro atoms. The van der Waals surface area contributed by atoms with Crippen molar-refractivity contribution in [2.75, 3.05) is 6.54 Å². The summed E-state index contributed by atoms with van der Waals surface area (Å²) in [6, 6.07) is 0. The molecule has 0 aliphatic carbocycles. The smallest absolute Gasteiger partial charge is 0.126 e. The van der Waals surface area contributed by atoms with E-state index in [-0.39, 0.29) is 0 Å². The zero-order valence-electron chi connectivity index (χ0n) is 5.92. The molecule has 1 aromatic rings. The van der Waals surface area contributed by atoms with Gasteiger partial charge in [0.2, 0.25) is 0 Å². The molecule has 3 heteroatoms. The number of nitrogens with two attached hydrogens (primary N) is 1. The summed E-state index contributed by atoms with van der Waals surface area (Å²) in [6.07, 6.45) is 6.65. The van der Waals surface area contributed by atoms with Crippen LogP contribution < -0.4 is 5.73 Å². The molecule has 0 radical (unpaired) electrons. The maximum Gasteiger partial charge on any atom is 0.126 e. The number of hydrogen-bond acceptors (Lipinski definition) is 3. The predicted molar refractivity (Wildman–Crippen MR) is 38.5 cm³/mol. The van der Waals surface area contributed by atoms with E-state index in [4.69, 9.17) is 5.73 Å². The number of hydrogen-bond donors (Lipinski definition) is 1. The molecular weight excluding hydrogens is 128 g/mol. The zero-order valence-corrected chi connectivity index (χ0v) is 5.92. The van der Waals surface area contributed by atoms with Crippen molar-refractivity contribution in [3.8, 4) is 0 Å². The molecule has 0 saturated heterocycles. The highest BCUT2D eigenvalue weighted by molar-refractivity contribution is 4.99. The van der Waals surface area contributed by atoms with Crippen molar-refractivity contribution in [2.24, 2.45) is 5.73 Å². The summed E-state index contributed by atoms with van der Waals surface area (Å²) < 4.78 is 4.66. The molecular formula is C7H12N2O. The summed E-state index contributed by atoms with van der Waals surface area (Å²) in [5.74, 6) is 0. The average Bonchev–Trinajstić information content (AvgIpc) is 2.41. The summed E-state index contributed by atoms with van der Waals surface area (Å²) in [4.78, 5) is 0. The second-order valence-corrected chi connectivity index (χ2v) is 2.28. The Kier molecular flexibility index (Phi) is 2.96. The molecule has 0 amide bonds. The van der Waals surface area contributed by atoms with Gasteiger partial charge in [0.1, 0.15) is 6.26 Å². The molecule has 1 rings (SSSR count). The van der Waals surface area contributed by atoms with Crippen LogP contribution in [-0.4, -0.2) is 11.7 Å². The number of rotatable bonds is 4. The van der Waals surface area contributed by atoms with Crippen molar-refractivity contribution >= 4 is 0 Å². The molecule has 0 bridgehead atoms. The predicted octanol–water partition coefficient (Wildman–Crippen LogP) is 0.956. The third-order valence-electron chi connectivity index (χ3n) is 1.40. The molecule has 0 atom stereocenters. The van der Waals surface area contributed by atoms with E-state index in [0.717, 1.165) is 31.4 Å². The van der Waals surface area contributed by atoms with E-state index >= 15 is 0 Å². The molecule has 56 valence electrons. The fourth-order valence-corrected chi connectivity index (χ4v) is 0.824. The first-order chi connectivity index (χ1) is 4.93. The Hall–Kier alpha value is -0.830.